The number of nitrogens with one attached hydrogen (secondary N) is 1. The average molecular weight is 280 g/mol. The Morgan fingerprint density at radius 3 is 2.79 bits per heavy atom. The molecule has 0 aliphatic rings. The van der Waals surface area contributed by atoms with Gasteiger partial charge in [0.1, 0.15) is 11.6 Å². The summed E-state index contributed by atoms with van der Waals surface area (Å²) >= 11 is 6.04. The zero-order valence-corrected chi connectivity index (χ0v) is 11.1. The first-order valence-corrected chi connectivity index (χ1v) is 6.07. The van der Waals surface area contributed by atoms with E-state index in [4.69, 9.17) is 27.9 Å². The van der Waals surface area contributed by atoms with Crippen molar-refractivity contribution in [3.63, 3.8) is 0 Å². The van der Waals surface area contributed by atoms with Gasteiger partial charge in [0.05, 0.1) is 0 Å². The van der Waals surface area contributed by atoms with E-state index in [-0.39, 0.29) is 5.95 Å². The van der Waals surface area contributed by atoms with E-state index in [9.17, 15) is 0 Å². The van der Waals surface area contributed by atoms with Gasteiger partial charge in [-0.25, -0.2) is 5.84 Å². The fourth-order valence-electron chi connectivity index (χ4n) is 1.58. The minimum Gasteiger partial charge on any atom is -0.439 e. The van der Waals surface area contributed by atoms with Gasteiger partial charge < -0.3 is 15.9 Å². The maximum atomic E-state index is 6.04. The minimum absolute atomic E-state index is 0.0788. The molecule has 5 N–H and O–H groups in total. The number of hydrogen-bond donors (Lipinski definition) is 3. The number of rotatable bonds is 4. The summed E-state index contributed by atoms with van der Waals surface area (Å²) in [6.07, 6.45) is 0.817. The average Bonchev–Trinajstić information content (AvgIpc) is 2.40. The second-order valence-electron chi connectivity index (χ2n) is 3.80. The second-order valence-corrected chi connectivity index (χ2v) is 4.21. The molecule has 1 aromatic carbocycles. The number of benzene rings is 1. The maximum absolute atomic E-state index is 6.04. The summed E-state index contributed by atoms with van der Waals surface area (Å²) in [6.45, 7) is 2.02. The molecule has 6 nitrogen and oxygen atoms in total. The number of halogens is 1. The molecule has 7 heteroatoms. The highest BCUT2D eigenvalue weighted by molar-refractivity contribution is 6.31. The number of hydrogen-bond acceptors (Lipinski definition) is 6. The van der Waals surface area contributed by atoms with E-state index in [0.717, 1.165) is 12.0 Å². The van der Waals surface area contributed by atoms with Crippen molar-refractivity contribution in [2.24, 2.45) is 5.84 Å². The van der Waals surface area contributed by atoms with Crippen LogP contribution in [0.2, 0.25) is 5.02 Å². The Morgan fingerprint density at radius 1 is 1.32 bits per heavy atom. The van der Waals surface area contributed by atoms with Gasteiger partial charge in [-0.3, -0.25) is 0 Å². The third-order valence-corrected chi connectivity index (χ3v) is 2.86. The van der Waals surface area contributed by atoms with Gasteiger partial charge in [-0.05, 0) is 30.2 Å². The number of aryl methyl sites for hydroxylation is 1. The lowest BCUT2D eigenvalue weighted by molar-refractivity contribution is 0.462. The summed E-state index contributed by atoms with van der Waals surface area (Å²) in [5.41, 5.74) is 8.94. The largest absolute Gasteiger partial charge is 0.439 e. The molecule has 0 atom stereocenters. The summed E-state index contributed by atoms with van der Waals surface area (Å²) in [6, 6.07) is 6.95. The Morgan fingerprint density at radius 2 is 2.11 bits per heavy atom. The summed E-state index contributed by atoms with van der Waals surface area (Å²) in [5.74, 6) is 6.68. The smallest absolute Gasteiger partial charge is 0.226 e. The molecule has 0 amide bonds. The van der Waals surface area contributed by atoms with Crippen LogP contribution in [0.1, 0.15) is 12.5 Å². The number of hydrazine groups is 1. The normalized spacial score (nSPS) is 10.3. The van der Waals surface area contributed by atoms with E-state index in [1.54, 1.807) is 18.2 Å². The van der Waals surface area contributed by atoms with Gasteiger partial charge in [0.15, 0.2) is 0 Å². The Balaban J connectivity index is 2.28. The molecule has 0 aliphatic heterocycles. The zero-order chi connectivity index (χ0) is 13.8. The van der Waals surface area contributed by atoms with E-state index in [2.05, 4.69) is 15.4 Å². The Bertz CT molecular complexity index is 590. The summed E-state index contributed by atoms with van der Waals surface area (Å²) < 4.78 is 5.61. The van der Waals surface area contributed by atoms with Crippen molar-refractivity contribution in [2.45, 2.75) is 13.3 Å². The fourth-order valence-corrected chi connectivity index (χ4v) is 1.83. The molecule has 0 saturated carbocycles. The van der Waals surface area contributed by atoms with Gasteiger partial charge >= 0.3 is 0 Å². The van der Waals surface area contributed by atoms with Gasteiger partial charge in [-0.1, -0.05) is 18.5 Å². The summed E-state index contributed by atoms with van der Waals surface area (Å²) in [7, 11) is 0. The van der Waals surface area contributed by atoms with Crippen LogP contribution < -0.4 is 21.7 Å². The molecule has 2 aromatic rings. The summed E-state index contributed by atoms with van der Waals surface area (Å²) in [5, 5.41) is 0.710. The predicted molar refractivity (Wildman–Crippen MR) is 75.2 cm³/mol. The molecule has 19 heavy (non-hydrogen) atoms. The second kappa shape index (κ2) is 5.73. The highest BCUT2D eigenvalue weighted by atomic mass is 35.5. The molecule has 0 aliphatic carbocycles. The van der Waals surface area contributed by atoms with Crippen LogP contribution in [-0.2, 0) is 6.42 Å². The van der Waals surface area contributed by atoms with Gasteiger partial charge in [-0.2, -0.15) is 9.97 Å². The SMILES string of the molecule is CCc1cc(Oc2cc(NN)nc(N)n2)ccc1Cl. The quantitative estimate of drug-likeness (QED) is 0.587. The van der Waals surface area contributed by atoms with Crippen LogP contribution >= 0.6 is 11.6 Å². The van der Waals surface area contributed by atoms with Crippen molar-refractivity contribution in [1.29, 1.82) is 0 Å². The first-order chi connectivity index (χ1) is 9.12. The predicted octanol–water partition coefficient (Wildman–Crippen LogP) is 2.35. The molecular weight excluding hydrogens is 266 g/mol. The monoisotopic (exact) mass is 279 g/mol. The third-order valence-electron chi connectivity index (χ3n) is 2.49. The van der Waals surface area contributed by atoms with Crippen LogP contribution in [0.3, 0.4) is 0 Å². The number of anilines is 2. The summed E-state index contributed by atoms with van der Waals surface area (Å²) in [4.78, 5) is 7.84. The molecule has 0 unspecified atom stereocenters. The molecule has 1 heterocycles. The Labute approximate surface area is 115 Å². The van der Waals surface area contributed by atoms with E-state index < -0.39 is 0 Å². The van der Waals surface area contributed by atoms with Gasteiger partial charge in [0.25, 0.3) is 0 Å². The lowest BCUT2D eigenvalue weighted by atomic mass is 10.1. The molecule has 1 aromatic heterocycles. The van der Waals surface area contributed by atoms with E-state index in [1.165, 1.54) is 0 Å². The first-order valence-electron chi connectivity index (χ1n) is 5.70. The fraction of sp³-hybridized carbons (Fsp3) is 0.167. The first kappa shape index (κ1) is 13.4. The van der Waals surface area contributed by atoms with Crippen molar-refractivity contribution < 1.29 is 4.74 Å². The number of nitrogen functional groups attached to an aromatic ring is 2. The Hall–Kier alpha value is -2.05. The van der Waals surface area contributed by atoms with E-state index in [1.807, 2.05) is 13.0 Å². The van der Waals surface area contributed by atoms with Crippen LogP contribution in [-0.4, -0.2) is 9.97 Å². The molecule has 0 saturated heterocycles. The van der Waals surface area contributed by atoms with Crippen LogP contribution in [0.4, 0.5) is 11.8 Å². The minimum atomic E-state index is 0.0788. The van der Waals surface area contributed by atoms with E-state index in [0.29, 0.717) is 22.5 Å². The number of ether oxygens (including phenoxy) is 1. The van der Waals surface area contributed by atoms with Gasteiger partial charge in [0, 0.05) is 11.1 Å². The van der Waals surface area contributed by atoms with Crippen LogP contribution in [0.15, 0.2) is 24.3 Å². The Kier molecular flexibility index (Phi) is 4.03. The molecule has 0 bridgehead atoms. The topological polar surface area (TPSA) is 99.1 Å². The molecule has 0 fully saturated rings. The number of aromatic nitrogens is 2. The van der Waals surface area contributed by atoms with Gasteiger partial charge in [0.2, 0.25) is 11.8 Å². The van der Waals surface area contributed by atoms with Crippen LogP contribution in [0.5, 0.6) is 11.6 Å². The van der Waals surface area contributed by atoms with Crippen molar-refractivity contribution >= 4 is 23.4 Å². The highest BCUT2D eigenvalue weighted by Gasteiger charge is 2.06. The zero-order valence-electron chi connectivity index (χ0n) is 10.4. The van der Waals surface area contributed by atoms with Crippen molar-refractivity contribution in [3.8, 4) is 11.6 Å². The van der Waals surface area contributed by atoms with Crippen molar-refractivity contribution in [3.05, 3.63) is 34.9 Å². The number of nitrogens with two attached hydrogens (primary N) is 2. The number of nitrogens with zero attached hydrogens (tertiary/aromatic N) is 2. The molecule has 2 rings (SSSR count). The molecule has 0 spiro atoms. The highest BCUT2D eigenvalue weighted by Crippen LogP contribution is 2.26. The third kappa shape index (κ3) is 3.24. The lowest BCUT2D eigenvalue weighted by Gasteiger charge is -2.09. The molecule has 100 valence electrons. The van der Waals surface area contributed by atoms with Crippen LogP contribution in [0, 0.1) is 0 Å². The van der Waals surface area contributed by atoms with Crippen LogP contribution in [0.25, 0.3) is 0 Å². The molecule has 0 radical (unpaired) electrons. The molecular formula is C12H14ClN5O. The van der Waals surface area contributed by atoms with Crippen molar-refractivity contribution in [2.75, 3.05) is 11.2 Å². The van der Waals surface area contributed by atoms with Gasteiger partial charge in [-0.15, -0.1) is 0 Å². The standard InChI is InChI=1S/C12H14ClN5O/c1-2-7-5-8(3-4-9(7)13)19-11-6-10(18-15)16-12(14)17-11/h3-6H,2,15H2,1H3,(H3,14,16,17,18). The van der Waals surface area contributed by atoms with E-state index >= 15 is 0 Å². The maximum Gasteiger partial charge on any atom is 0.226 e. The lowest BCUT2D eigenvalue weighted by Crippen LogP contribution is -2.10. The van der Waals surface area contributed by atoms with Crippen molar-refractivity contribution in [1.82, 2.24) is 9.97 Å².